The second-order valence-electron chi connectivity index (χ2n) is 6.89. The maximum Gasteiger partial charge on any atom is 0.268 e. The van der Waals surface area contributed by atoms with E-state index >= 15 is 0 Å². The van der Waals surface area contributed by atoms with Gasteiger partial charge in [0.15, 0.2) is 0 Å². The largest absolute Gasteiger partial charge is 0.497 e. The molecule has 3 rings (SSSR count). The molecule has 1 aromatic heterocycles. The first-order valence-corrected chi connectivity index (χ1v) is 9.25. The average Bonchev–Trinajstić information content (AvgIpc) is 2.72. The van der Waals surface area contributed by atoms with Gasteiger partial charge in [-0.1, -0.05) is 12.1 Å². The van der Waals surface area contributed by atoms with E-state index < -0.39 is 5.91 Å². The Morgan fingerprint density at radius 3 is 2.52 bits per heavy atom. The fraction of sp³-hybridized carbons (Fsp3) is 0.381. The number of benzene rings is 1. The smallest absolute Gasteiger partial charge is 0.268 e. The molecule has 1 saturated heterocycles. The lowest BCUT2D eigenvalue weighted by atomic mass is 9.90. The highest BCUT2D eigenvalue weighted by Gasteiger charge is 2.26. The lowest BCUT2D eigenvalue weighted by molar-refractivity contribution is 0.0682. The number of pyridine rings is 1. The lowest BCUT2D eigenvalue weighted by Crippen LogP contribution is -2.39. The molecule has 1 aliphatic heterocycles. The fourth-order valence-electron chi connectivity index (χ4n) is 3.53. The van der Waals surface area contributed by atoms with Crippen molar-refractivity contribution >= 4 is 11.8 Å². The van der Waals surface area contributed by atoms with Gasteiger partial charge in [-0.3, -0.25) is 14.6 Å². The van der Waals surface area contributed by atoms with Crippen molar-refractivity contribution in [3.63, 3.8) is 0 Å². The first kappa shape index (κ1) is 18.9. The Morgan fingerprint density at radius 2 is 1.89 bits per heavy atom. The highest BCUT2D eigenvalue weighted by atomic mass is 16.5. The molecule has 0 bridgehead atoms. The third kappa shape index (κ3) is 4.64. The topological polar surface area (TPSA) is 85.5 Å². The summed E-state index contributed by atoms with van der Waals surface area (Å²) in [6, 6.07) is 11.4. The van der Waals surface area contributed by atoms with Gasteiger partial charge < -0.3 is 15.4 Å². The van der Waals surface area contributed by atoms with Crippen LogP contribution in [0.1, 0.15) is 45.7 Å². The molecular weight excluding hydrogens is 342 g/mol. The number of hydrogen-bond donors (Lipinski definition) is 1. The molecule has 0 spiro atoms. The Kier molecular flexibility index (Phi) is 6.06. The zero-order valence-corrected chi connectivity index (χ0v) is 15.6. The minimum atomic E-state index is -0.673. The van der Waals surface area contributed by atoms with Gasteiger partial charge in [0.1, 0.15) is 11.4 Å². The summed E-state index contributed by atoms with van der Waals surface area (Å²) in [6.07, 6.45) is 5.54. The molecule has 0 saturated carbocycles. The summed E-state index contributed by atoms with van der Waals surface area (Å²) in [4.78, 5) is 30.0. The highest BCUT2D eigenvalue weighted by Crippen LogP contribution is 2.24. The maximum atomic E-state index is 12.7. The molecule has 0 radical (unpaired) electrons. The Balaban J connectivity index is 1.52. The molecule has 2 amide bonds. The molecule has 1 aliphatic rings. The predicted octanol–water partition coefficient (Wildman–Crippen LogP) is 2.67. The van der Waals surface area contributed by atoms with E-state index in [0.29, 0.717) is 24.6 Å². The van der Waals surface area contributed by atoms with Crippen molar-refractivity contribution in [2.45, 2.75) is 25.7 Å². The number of rotatable bonds is 6. The third-order valence-electron chi connectivity index (χ3n) is 5.17. The number of methoxy groups -OCH3 is 1. The molecule has 0 aliphatic carbocycles. The number of carbonyl (C=O) groups is 2. The van der Waals surface area contributed by atoms with E-state index in [0.717, 1.165) is 31.4 Å². The van der Waals surface area contributed by atoms with Crippen LogP contribution in [0.25, 0.3) is 0 Å². The summed E-state index contributed by atoms with van der Waals surface area (Å²) in [7, 11) is 1.67. The Labute approximate surface area is 159 Å². The number of hydrogen-bond acceptors (Lipinski definition) is 4. The standard InChI is InChI=1S/C21H25N3O3/c1-27-17-8-6-15(7-9-17)4-5-16-10-13-24(14-11-16)21(26)18-3-2-12-23-19(18)20(22)25/h2-3,6-9,12,16H,4-5,10-11,13-14H2,1H3,(H2,22,25). The van der Waals surface area contributed by atoms with Gasteiger partial charge in [-0.2, -0.15) is 0 Å². The number of carbonyl (C=O) groups excluding carboxylic acids is 2. The Hall–Kier alpha value is -2.89. The van der Waals surface area contributed by atoms with Gasteiger partial charge in [-0.25, -0.2) is 0 Å². The van der Waals surface area contributed by atoms with Crippen LogP contribution in [-0.2, 0) is 6.42 Å². The summed E-state index contributed by atoms with van der Waals surface area (Å²) >= 11 is 0. The molecule has 0 unspecified atom stereocenters. The predicted molar refractivity (Wildman–Crippen MR) is 103 cm³/mol. The molecule has 1 aromatic carbocycles. The normalized spacial score (nSPS) is 14.8. The molecule has 6 nitrogen and oxygen atoms in total. The van der Waals surface area contributed by atoms with Crippen LogP contribution in [0.3, 0.4) is 0 Å². The van der Waals surface area contributed by atoms with Crippen molar-refractivity contribution in [1.82, 2.24) is 9.88 Å². The fourth-order valence-corrected chi connectivity index (χ4v) is 3.53. The highest BCUT2D eigenvalue weighted by molar-refractivity contribution is 6.05. The van der Waals surface area contributed by atoms with Gasteiger partial charge in [0, 0.05) is 19.3 Å². The number of piperidine rings is 1. The number of nitrogens with zero attached hydrogens (tertiary/aromatic N) is 2. The van der Waals surface area contributed by atoms with Crippen molar-refractivity contribution in [3.05, 3.63) is 59.4 Å². The van der Waals surface area contributed by atoms with E-state index in [4.69, 9.17) is 10.5 Å². The van der Waals surface area contributed by atoms with Crippen molar-refractivity contribution in [3.8, 4) is 5.75 Å². The second-order valence-corrected chi connectivity index (χ2v) is 6.89. The third-order valence-corrected chi connectivity index (χ3v) is 5.17. The molecule has 2 N–H and O–H groups in total. The molecule has 27 heavy (non-hydrogen) atoms. The van der Waals surface area contributed by atoms with Crippen molar-refractivity contribution in [1.29, 1.82) is 0 Å². The number of nitrogens with two attached hydrogens (primary N) is 1. The van der Waals surface area contributed by atoms with Crippen LogP contribution in [0.4, 0.5) is 0 Å². The Morgan fingerprint density at radius 1 is 1.19 bits per heavy atom. The number of aryl methyl sites for hydroxylation is 1. The van der Waals surface area contributed by atoms with Gasteiger partial charge in [0.05, 0.1) is 12.7 Å². The number of amides is 2. The molecule has 2 heterocycles. The molecule has 1 fully saturated rings. The van der Waals surface area contributed by atoms with Crippen LogP contribution in [0, 0.1) is 5.92 Å². The van der Waals surface area contributed by atoms with Crippen LogP contribution in [0.15, 0.2) is 42.6 Å². The van der Waals surface area contributed by atoms with Gasteiger partial charge in [0.2, 0.25) is 0 Å². The lowest BCUT2D eigenvalue weighted by Gasteiger charge is -2.32. The summed E-state index contributed by atoms with van der Waals surface area (Å²) in [6.45, 7) is 1.39. The van der Waals surface area contributed by atoms with Crippen LogP contribution in [-0.4, -0.2) is 41.9 Å². The number of aromatic nitrogens is 1. The van der Waals surface area contributed by atoms with Gasteiger partial charge in [-0.15, -0.1) is 0 Å². The Bertz CT molecular complexity index is 797. The first-order valence-electron chi connectivity index (χ1n) is 9.25. The number of likely N-dealkylation sites (tertiary alicyclic amines) is 1. The van der Waals surface area contributed by atoms with E-state index in [2.05, 4.69) is 17.1 Å². The zero-order chi connectivity index (χ0) is 19.2. The van der Waals surface area contributed by atoms with Crippen molar-refractivity contribution in [2.75, 3.05) is 20.2 Å². The summed E-state index contributed by atoms with van der Waals surface area (Å²) in [5.74, 6) is 0.635. The van der Waals surface area contributed by atoms with E-state index in [1.165, 1.54) is 11.8 Å². The van der Waals surface area contributed by atoms with Crippen molar-refractivity contribution in [2.24, 2.45) is 11.7 Å². The number of primary amides is 1. The average molecular weight is 367 g/mol. The van der Waals surface area contributed by atoms with E-state index in [1.54, 1.807) is 24.1 Å². The summed E-state index contributed by atoms with van der Waals surface area (Å²) in [5.41, 5.74) is 6.98. The van der Waals surface area contributed by atoms with E-state index in [-0.39, 0.29) is 11.6 Å². The van der Waals surface area contributed by atoms with Crippen LogP contribution >= 0.6 is 0 Å². The molecule has 0 atom stereocenters. The quantitative estimate of drug-likeness (QED) is 0.850. The van der Waals surface area contributed by atoms with Gasteiger partial charge >= 0.3 is 0 Å². The SMILES string of the molecule is COc1ccc(CCC2CCN(C(=O)c3cccnc3C(N)=O)CC2)cc1. The molecule has 2 aromatic rings. The van der Waals surface area contributed by atoms with Gasteiger partial charge in [0.25, 0.3) is 11.8 Å². The number of ether oxygens (including phenoxy) is 1. The van der Waals surface area contributed by atoms with E-state index in [1.807, 2.05) is 12.1 Å². The molecule has 6 heteroatoms. The monoisotopic (exact) mass is 367 g/mol. The van der Waals surface area contributed by atoms with Gasteiger partial charge in [-0.05, 0) is 61.4 Å². The zero-order valence-electron chi connectivity index (χ0n) is 15.6. The maximum absolute atomic E-state index is 12.7. The summed E-state index contributed by atoms with van der Waals surface area (Å²) < 4.78 is 5.19. The van der Waals surface area contributed by atoms with Crippen LogP contribution in [0.2, 0.25) is 0 Å². The van der Waals surface area contributed by atoms with Crippen LogP contribution < -0.4 is 10.5 Å². The summed E-state index contributed by atoms with van der Waals surface area (Å²) in [5, 5.41) is 0. The first-order chi connectivity index (χ1) is 13.1. The second kappa shape index (κ2) is 8.66. The minimum Gasteiger partial charge on any atom is -0.497 e. The van der Waals surface area contributed by atoms with Crippen LogP contribution in [0.5, 0.6) is 5.75 Å². The van der Waals surface area contributed by atoms with E-state index in [9.17, 15) is 9.59 Å². The van der Waals surface area contributed by atoms with Crippen molar-refractivity contribution < 1.29 is 14.3 Å². The molecule has 142 valence electrons. The minimum absolute atomic E-state index is 0.0455. The molecular formula is C21H25N3O3.